The fourth-order valence-electron chi connectivity index (χ4n) is 4.13. The third kappa shape index (κ3) is 3.07. The van der Waals surface area contributed by atoms with Crippen LogP contribution >= 0.6 is 0 Å². The Morgan fingerprint density at radius 2 is 2.04 bits per heavy atom. The van der Waals surface area contributed by atoms with Gasteiger partial charge in [0.25, 0.3) is 5.88 Å². The number of pyridine rings is 1. The van der Waals surface area contributed by atoms with E-state index in [1.165, 1.54) is 6.07 Å². The summed E-state index contributed by atoms with van der Waals surface area (Å²) in [6.07, 6.45) is 5.53. The molecule has 1 aromatic heterocycles. The maximum Gasteiger partial charge on any atom is 0.250 e. The van der Waals surface area contributed by atoms with Crippen molar-refractivity contribution in [1.82, 2.24) is 9.88 Å². The smallest absolute Gasteiger partial charge is 0.250 e. The Hall–Kier alpha value is -1.24. The average Bonchev–Trinajstić information content (AvgIpc) is 2.86. The minimum absolute atomic E-state index is 0.0336. The van der Waals surface area contributed by atoms with Gasteiger partial charge in [-0.3, -0.25) is 4.90 Å². The molecule has 1 saturated carbocycles. The van der Waals surface area contributed by atoms with E-state index in [9.17, 15) is 4.39 Å². The second-order valence-corrected chi connectivity index (χ2v) is 6.51. The predicted molar refractivity (Wildman–Crippen MR) is 81.9 cm³/mol. The van der Waals surface area contributed by atoms with Gasteiger partial charge in [-0.15, -0.1) is 0 Å². The van der Waals surface area contributed by atoms with Gasteiger partial charge in [0.2, 0.25) is 0 Å². The van der Waals surface area contributed by atoms with Gasteiger partial charge in [-0.2, -0.15) is 0 Å². The molecule has 2 bridgehead atoms. The highest BCUT2D eigenvalue weighted by atomic mass is 19.1. The van der Waals surface area contributed by atoms with Crippen molar-refractivity contribution in [2.24, 2.45) is 0 Å². The molecular weight excluding hydrogens is 299 g/mol. The zero-order valence-corrected chi connectivity index (χ0v) is 13.2. The lowest BCUT2D eigenvalue weighted by molar-refractivity contribution is -0.00636. The molecule has 5 nitrogen and oxygen atoms in total. The molecule has 0 N–H and O–H groups in total. The molecule has 0 radical (unpaired) electrons. The van der Waals surface area contributed by atoms with E-state index in [0.717, 1.165) is 45.4 Å². The molecule has 3 fully saturated rings. The first-order valence-electron chi connectivity index (χ1n) is 8.55. The van der Waals surface area contributed by atoms with Crippen molar-refractivity contribution >= 4 is 0 Å². The van der Waals surface area contributed by atoms with Gasteiger partial charge >= 0.3 is 0 Å². The molecule has 3 atom stereocenters. The molecule has 3 aliphatic rings. The van der Waals surface area contributed by atoms with Crippen molar-refractivity contribution in [3.05, 3.63) is 24.1 Å². The van der Waals surface area contributed by atoms with Crippen molar-refractivity contribution in [3.63, 3.8) is 0 Å². The third-order valence-electron chi connectivity index (χ3n) is 5.23. The van der Waals surface area contributed by atoms with Crippen LogP contribution in [0.5, 0.6) is 5.88 Å². The second kappa shape index (κ2) is 6.71. The highest BCUT2D eigenvalue weighted by Crippen LogP contribution is 2.35. The number of hydrogen-bond acceptors (Lipinski definition) is 5. The van der Waals surface area contributed by atoms with E-state index in [0.29, 0.717) is 12.6 Å². The lowest BCUT2D eigenvalue weighted by atomic mass is 10.0. The molecule has 2 aliphatic heterocycles. The maximum atomic E-state index is 13.9. The molecule has 0 spiro atoms. The molecule has 1 aliphatic carbocycles. The molecule has 2 saturated heterocycles. The Morgan fingerprint density at radius 3 is 2.87 bits per heavy atom. The predicted octanol–water partition coefficient (Wildman–Crippen LogP) is 2.01. The van der Waals surface area contributed by atoms with Gasteiger partial charge in [0.1, 0.15) is 6.10 Å². The van der Waals surface area contributed by atoms with Gasteiger partial charge in [-0.25, -0.2) is 9.37 Å². The Bertz CT molecular complexity index is 538. The third-order valence-corrected chi connectivity index (χ3v) is 5.23. The fraction of sp³-hybridized carbons (Fsp3) is 0.706. The number of hydrogen-bond donors (Lipinski definition) is 0. The summed E-state index contributed by atoms with van der Waals surface area (Å²) in [5.41, 5.74) is 0. The van der Waals surface area contributed by atoms with E-state index in [2.05, 4.69) is 9.88 Å². The summed E-state index contributed by atoms with van der Waals surface area (Å²) in [5, 5.41) is 0. The van der Waals surface area contributed by atoms with Crippen LogP contribution in [-0.2, 0) is 9.47 Å². The van der Waals surface area contributed by atoms with Crippen molar-refractivity contribution in [2.75, 3.05) is 26.4 Å². The molecule has 1 aromatic rings. The molecule has 0 amide bonds. The second-order valence-electron chi connectivity index (χ2n) is 6.51. The zero-order valence-electron chi connectivity index (χ0n) is 13.2. The monoisotopic (exact) mass is 322 g/mol. The fourth-order valence-corrected chi connectivity index (χ4v) is 4.13. The van der Waals surface area contributed by atoms with Crippen LogP contribution in [0.2, 0.25) is 0 Å². The molecule has 3 heterocycles. The first-order valence-corrected chi connectivity index (χ1v) is 8.55. The Kier molecular flexibility index (Phi) is 4.46. The largest absolute Gasteiger partial charge is 0.468 e. The van der Waals surface area contributed by atoms with Crippen LogP contribution in [0.3, 0.4) is 0 Å². The van der Waals surface area contributed by atoms with Crippen LogP contribution < -0.4 is 4.74 Å². The Labute approximate surface area is 135 Å². The summed E-state index contributed by atoms with van der Waals surface area (Å²) < 4.78 is 31.4. The van der Waals surface area contributed by atoms with Gasteiger partial charge in [0.05, 0.1) is 12.7 Å². The normalized spacial score (nSPS) is 32.7. The highest BCUT2D eigenvalue weighted by molar-refractivity contribution is 5.15. The van der Waals surface area contributed by atoms with Gasteiger partial charge in [-0.1, -0.05) is 0 Å². The summed E-state index contributed by atoms with van der Waals surface area (Å²) in [4.78, 5) is 6.56. The van der Waals surface area contributed by atoms with E-state index in [4.69, 9.17) is 14.2 Å². The summed E-state index contributed by atoms with van der Waals surface area (Å²) in [5.74, 6) is -0.319. The Balaban J connectivity index is 1.54. The highest BCUT2D eigenvalue weighted by Gasteiger charge is 2.46. The average molecular weight is 322 g/mol. The summed E-state index contributed by atoms with van der Waals surface area (Å²) in [7, 11) is 0. The summed E-state index contributed by atoms with van der Waals surface area (Å²) in [6.45, 7) is 3.26. The van der Waals surface area contributed by atoms with E-state index in [1.54, 1.807) is 12.3 Å². The van der Waals surface area contributed by atoms with Gasteiger partial charge in [0, 0.05) is 38.0 Å². The van der Waals surface area contributed by atoms with Crippen LogP contribution in [0, 0.1) is 5.82 Å². The number of nitrogens with zero attached hydrogens (tertiary/aromatic N) is 2. The van der Waals surface area contributed by atoms with Gasteiger partial charge < -0.3 is 14.2 Å². The number of aromatic nitrogens is 1. The van der Waals surface area contributed by atoms with Crippen LogP contribution in [-0.4, -0.2) is 60.5 Å². The molecule has 0 aromatic carbocycles. The molecule has 4 rings (SSSR count). The summed E-state index contributed by atoms with van der Waals surface area (Å²) in [6, 6.07) is 3.74. The standard InChI is InChI=1S/C17H23FN2O3/c18-13-2-1-7-19-17(13)23-16-14-3-4-15(16)22-11-8-20(14)12-5-9-21-10-6-12/h1-2,7,12,14-16H,3-6,8-11H2/t14-,15-,16+/m1/s1. The van der Waals surface area contributed by atoms with Crippen LogP contribution in [0.15, 0.2) is 18.3 Å². The van der Waals surface area contributed by atoms with E-state index in [-0.39, 0.29) is 24.1 Å². The van der Waals surface area contributed by atoms with Crippen LogP contribution in [0.1, 0.15) is 25.7 Å². The number of rotatable bonds is 3. The lowest BCUT2D eigenvalue weighted by Gasteiger charge is -2.39. The minimum Gasteiger partial charge on any atom is -0.468 e. The molecule has 0 unspecified atom stereocenters. The van der Waals surface area contributed by atoms with Crippen molar-refractivity contribution in [1.29, 1.82) is 0 Å². The lowest BCUT2D eigenvalue weighted by Crippen LogP contribution is -2.51. The number of halogens is 1. The van der Waals surface area contributed by atoms with E-state index < -0.39 is 5.82 Å². The topological polar surface area (TPSA) is 43.8 Å². The van der Waals surface area contributed by atoms with Crippen molar-refractivity contribution in [3.8, 4) is 5.88 Å². The molecule has 6 heteroatoms. The first kappa shape index (κ1) is 15.3. The van der Waals surface area contributed by atoms with E-state index in [1.807, 2.05) is 0 Å². The molecule has 23 heavy (non-hydrogen) atoms. The SMILES string of the molecule is Fc1cccnc1O[C@H]1[C@H]2CC[C@H]1OCCN2C1CCOCC1. The first-order chi connectivity index (χ1) is 11.3. The van der Waals surface area contributed by atoms with Crippen molar-refractivity contribution < 1.29 is 18.6 Å². The number of fused-ring (bicyclic) bond motifs is 2. The van der Waals surface area contributed by atoms with Crippen molar-refractivity contribution in [2.45, 2.75) is 50.0 Å². The van der Waals surface area contributed by atoms with Gasteiger partial charge in [-0.05, 0) is 37.8 Å². The Morgan fingerprint density at radius 1 is 1.17 bits per heavy atom. The van der Waals surface area contributed by atoms with E-state index >= 15 is 0 Å². The summed E-state index contributed by atoms with van der Waals surface area (Å²) >= 11 is 0. The molecule has 126 valence electrons. The van der Waals surface area contributed by atoms with Crippen LogP contribution in [0.25, 0.3) is 0 Å². The number of ether oxygens (including phenoxy) is 3. The molecular formula is C17H23FN2O3. The maximum absolute atomic E-state index is 13.9. The van der Waals surface area contributed by atoms with Crippen LogP contribution in [0.4, 0.5) is 4.39 Å². The quantitative estimate of drug-likeness (QED) is 0.852. The van der Waals surface area contributed by atoms with Gasteiger partial charge in [0.15, 0.2) is 5.82 Å². The zero-order chi connectivity index (χ0) is 15.6. The minimum atomic E-state index is -0.409.